The standard InChI is InChI=1S/Al.H2O.O.Zr/h;1H2;;/q+3;;-2;+4/p-1. The molecule has 1 N–H and O–H groups in total. The Kier molecular flexibility index (Phi) is 380. The molecule has 0 aromatic carbocycles. The summed E-state index contributed by atoms with van der Waals surface area (Å²) in [7, 11) is 0. The molecule has 0 atom stereocenters. The summed E-state index contributed by atoms with van der Waals surface area (Å²) in [5.41, 5.74) is 0. The summed E-state index contributed by atoms with van der Waals surface area (Å²) in [6, 6.07) is 0. The average Bonchev–Trinajstić information content (AvgIpc) is 0. The summed E-state index contributed by atoms with van der Waals surface area (Å²) >= 11 is 0. The van der Waals surface area contributed by atoms with Crippen LogP contribution in [0.4, 0.5) is 0 Å². The number of rotatable bonds is 0. The van der Waals surface area contributed by atoms with Gasteiger partial charge in [0.25, 0.3) is 0 Å². The predicted octanol–water partition coefficient (Wildman–Crippen LogP) is -0.679. The minimum Gasteiger partial charge on any atom is -2.00 e. The van der Waals surface area contributed by atoms with E-state index < -0.39 is 0 Å². The van der Waals surface area contributed by atoms with Crippen LogP contribution in [0.15, 0.2) is 0 Å². The van der Waals surface area contributed by atoms with Crippen molar-refractivity contribution in [3.05, 3.63) is 0 Å². The van der Waals surface area contributed by atoms with Gasteiger partial charge in [0.1, 0.15) is 0 Å². The van der Waals surface area contributed by atoms with Gasteiger partial charge in [0.15, 0.2) is 0 Å². The Balaban J connectivity index is 0. The van der Waals surface area contributed by atoms with Crippen LogP contribution in [0.25, 0.3) is 0 Å². The molecule has 4 heavy (non-hydrogen) atoms. The van der Waals surface area contributed by atoms with Crippen LogP contribution in [0.3, 0.4) is 0 Å². The van der Waals surface area contributed by atoms with Gasteiger partial charge in [0, 0.05) is 0 Å². The maximum absolute atomic E-state index is 0. The molecule has 0 radical (unpaired) electrons. The molecule has 2 nitrogen and oxygen atoms in total. The minimum atomic E-state index is 0. The summed E-state index contributed by atoms with van der Waals surface area (Å²) in [5, 5.41) is 0. The summed E-state index contributed by atoms with van der Waals surface area (Å²) in [5.74, 6) is 0. The van der Waals surface area contributed by atoms with Crippen LogP contribution < -0.4 is 0 Å². The largest absolute Gasteiger partial charge is 4.00 e. The first-order valence-corrected chi connectivity index (χ1v) is 0. The fourth-order valence-electron chi connectivity index (χ4n) is 0. The molecule has 0 amide bonds. The Morgan fingerprint density at radius 2 is 1.00 bits per heavy atom. The summed E-state index contributed by atoms with van der Waals surface area (Å²) in [4.78, 5) is 0. The van der Waals surface area contributed by atoms with Crippen molar-refractivity contribution in [2.45, 2.75) is 0 Å². The molecule has 0 rings (SSSR count). The third-order valence-corrected chi connectivity index (χ3v) is 0. The van der Waals surface area contributed by atoms with Gasteiger partial charge in [-0.15, -0.1) is 0 Å². The van der Waals surface area contributed by atoms with E-state index in [0.717, 1.165) is 0 Å². The number of hydrogen-bond acceptors (Lipinski definition) is 1. The molecule has 16 valence electrons. The van der Waals surface area contributed by atoms with Gasteiger partial charge in [-0.3, -0.25) is 0 Å². The SMILES string of the molecule is [Al+3].[O-2].[OH-].[Zr+4]. The van der Waals surface area contributed by atoms with Crippen LogP contribution in [0.1, 0.15) is 0 Å². The molecule has 0 aromatic rings. The fourth-order valence-corrected chi connectivity index (χ4v) is 0. The van der Waals surface area contributed by atoms with Crippen LogP contribution in [-0.4, -0.2) is 22.8 Å². The van der Waals surface area contributed by atoms with Crippen molar-refractivity contribution in [1.29, 1.82) is 0 Å². The van der Waals surface area contributed by atoms with E-state index in [1.807, 2.05) is 0 Å². The van der Waals surface area contributed by atoms with E-state index in [4.69, 9.17) is 0 Å². The zero-order valence-corrected chi connectivity index (χ0v) is 5.55. The van der Waals surface area contributed by atoms with Gasteiger partial charge < -0.3 is 11.0 Å². The quantitative estimate of drug-likeness (QED) is 0.423. The van der Waals surface area contributed by atoms with E-state index in [-0.39, 0.29) is 54.5 Å². The molecule has 4 heteroatoms. The Hall–Kier alpha value is 1.34. The van der Waals surface area contributed by atoms with Crippen molar-refractivity contribution in [3.8, 4) is 0 Å². The van der Waals surface area contributed by atoms with Crippen molar-refractivity contribution in [2.75, 3.05) is 0 Å². The van der Waals surface area contributed by atoms with Crippen LogP contribution in [0.5, 0.6) is 0 Å². The molecular formula is HAlO2Zr+4. The first-order valence-electron chi connectivity index (χ1n) is 0. The summed E-state index contributed by atoms with van der Waals surface area (Å²) < 4.78 is 0. The Bertz CT molecular complexity index is 6.00. The molecule has 0 aliphatic rings. The zero-order chi connectivity index (χ0) is 0. The monoisotopic (exact) mass is 150 g/mol. The van der Waals surface area contributed by atoms with Gasteiger partial charge in [-0.1, -0.05) is 0 Å². The molecule has 0 saturated carbocycles. The second kappa shape index (κ2) is 27.0. The van der Waals surface area contributed by atoms with Crippen molar-refractivity contribution < 1.29 is 37.2 Å². The average molecular weight is 151 g/mol. The van der Waals surface area contributed by atoms with Crippen molar-refractivity contribution >= 4 is 17.4 Å². The number of hydrogen-bond donors (Lipinski definition) is 0. The van der Waals surface area contributed by atoms with Gasteiger partial charge in [-0.25, -0.2) is 0 Å². The Labute approximate surface area is 54.5 Å². The molecule has 0 aromatic heterocycles. The van der Waals surface area contributed by atoms with Gasteiger partial charge in [0.05, 0.1) is 0 Å². The Morgan fingerprint density at radius 1 is 1.00 bits per heavy atom. The van der Waals surface area contributed by atoms with Crippen molar-refractivity contribution in [1.82, 2.24) is 0 Å². The molecule has 0 aliphatic carbocycles. The minimum absolute atomic E-state index is 0. The molecule has 0 heterocycles. The summed E-state index contributed by atoms with van der Waals surface area (Å²) in [6.07, 6.45) is 0. The molecule has 0 fully saturated rings. The van der Waals surface area contributed by atoms with Gasteiger partial charge >= 0.3 is 43.6 Å². The van der Waals surface area contributed by atoms with Crippen LogP contribution in [0.2, 0.25) is 0 Å². The van der Waals surface area contributed by atoms with Crippen molar-refractivity contribution in [3.63, 3.8) is 0 Å². The fraction of sp³-hybridized carbons (Fsp3) is 0. The van der Waals surface area contributed by atoms with E-state index >= 15 is 0 Å². The topological polar surface area (TPSA) is 58.5 Å². The van der Waals surface area contributed by atoms with Gasteiger partial charge in [-0.05, 0) is 0 Å². The molecule has 0 aliphatic heterocycles. The Morgan fingerprint density at radius 3 is 1.00 bits per heavy atom. The van der Waals surface area contributed by atoms with Gasteiger partial charge in [0.2, 0.25) is 0 Å². The van der Waals surface area contributed by atoms with Crippen LogP contribution >= 0.6 is 0 Å². The normalized spacial score (nSPS) is 0. The van der Waals surface area contributed by atoms with Crippen LogP contribution in [-0.2, 0) is 31.7 Å². The first-order chi connectivity index (χ1) is 0. The molecule has 0 unspecified atom stereocenters. The molecule has 0 spiro atoms. The van der Waals surface area contributed by atoms with Crippen LogP contribution in [0, 0.1) is 0 Å². The smallest absolute Gasteiger partial charge is 2.00 e. The summed E-state index contributed by atoms with van der Waals surface area (Å²) in [6.45, 7) is 0. The van der Waals surface area contributed by atoms with Crippen molar-refractivity contribution in [2.24, 2.45) is 0 Å². The third-order valence-electron chi connectivity index (χ3n) is 0. The zero-order valence-electron chi connectivity index (χ0n) is 1.93. The first kappa shape index (κ1) is 56.2. The third kappa shape index (κ3) is 10.2. The van der Waals surface area contributed by atoms with E-state index in [0.29, 0.717) is 0 Å². The second-order valence-corrected chi connectivity index (χ2v) is 0. The molecular weight excluding hydrogens is 150 g/mol. The maximum atomic E-state index is 0. The molecule has 0 saturated heterocycles. The van der Waals surface area contributed by atoms with Gasteiger partial charge in [-0.2, -0.15) is 0 Å². The van der Waals surface area contributed by atoms with E-state index in [1.165, 1.54) is 0 Å². The van der Waals surface area contributed by atoms with E-state index in [9.17, 15) is 0 Å². The molecule has 0 bridgehead atoms. The predicted molar refractivity (Wildman–Crippen MR) is 8.38 cm³/mol. The van der Waals surface area contributed by atoms with E-state index in [2.05, 4.69) is 0 Å². The maximum Gasteiger partial charge on any atom is 4.00 e. The second-order valence-electron chi connectivity index (χ2n) is 0. The van der Waals surface area contributed by atoms with E-state index in [1.54, 1.807) is 0 Å².